The van der Waals surface area contributed by atoms with E-state index in [-0.39, 0.29) is 18.1 Å². The van der Waals surface area contributed by atoms with E-state index in [0.717, 1.165) is 27.9 Å². The molecular weight excluding hydrogens is 382 g/mol. The summed E-state index contributed by atoms with van der Waals surface area (Å²) in [5.41, 5.74) is 4.64. The topological polar surface area (TPSA) is 97.4 Å². The summed E-state index contributed by atoms with van der Waals surface area (Å²) in [6.45, 7) is 4.21. The molecule has 2 aromatic carbocycles. The van der Waals surface area contributed by atoms with Crippen LogP contribution in [-0.2, 0) is 17.8 Å². The number of hydrogen-bond acceptors (Lipinski definition) is 4. The van der Waals surface area contributed by atoms with Crippen molar-refractivity contribution in [2.24, 2.45) is 0 Å². The Labute approximate surface area is 172 Å². The third-order valence-corrected chi connectivity index (χ3v) is 5.05. The lowest BCUT2D eigenvalue weighted by molar-refractivity contribution is -0.136. The number of aromatic nitrogens is 2. The molecule has 2 heterocycles. The van der Waals surface area contributed by atoms with Crippen molar-refractivity contribution >= 4 is 28.5 Å². The van der Waals surface area contributed by atoms with Gasteiger partial charge in [0.05, 0.1) is 18.7 Å². The number of aryl methyl sites for hydroxylation is 1. The largest absolute Gasteiger partial charge is 0.481 e. The van der Waals surface area contributed by atoms with Gasteiger partial charge in [0.25, 0.3) is 5.91 Å². The first-order chi connectivity index (χ1) is 14.4. The van der Waals surface area contributed by atoms with Crippen LogP contribution >= 0.6 is 0 Å². The van der Waals surface area contributed by atoms with Crippen LogP contribution in [0.2, 0.25) is 0 Å². The van der Waals surface area contributed by atoms with Crippen molar-refractivity contribution in [2.75, 3.05) is 5.32 Å². The molecule has 0 fully saturated rings. The molecule has 30 heavy (non-hydrogen) atoms. The van der Waals surface area contributed by atoms with Crippen LogP contribution in [0.4, 0.5) is 5.69 Å². The zero-order valence-electron chi connectivity index (χ0n) is 16.7. The second-order valence-corrected chi connectivity index (χ2v) is 7.18. The third kappa shape index (κ3) is 3.96. The van der Waals surface area contributed by atoms with E-state index in [2.05, 4.69) is 10.4 Å². The number of fused-ring (bicyclic) bond motifs is 1. The number of carboxylic acids is 1. The third-order valence-electron chi connectivity index (χ3n) is 5.05. The number of nitrogens with one attached hydrogen (secondary N) is 1. The van der Waals surface area contributed by atoms with Crippen LogP contribution in [0.3, 0.4) is 0 Å². The second kappa shape index (κ2) is 7.87. The molecule has 7 heteroatoms. The Morgan fingerprint density at radius 2 is 1.83 bits per heavy atom. The SMILES string of the molecule is Cc1nn(Cc2ccc(NC(=O)c3cc4ccccc4o3)cc2)c(C)c1CC(=O)O. The van der Waals surface area contributed by atoms with Crippen molar-refractivity contribution in [1.29, 1.82) is 0 Å². The molecule has 0 unspecified atom stereocenters. The fraction of sp³-hybridized carbons (Fsp3) is 0.174. The van der Waals surface area contributed by atoms with Gasteiger partial charge in [0.15, 0.2) is 5.76 Å². The number of nitrogens with zero attached hydrogens (tertiary/aromatic N) is 2. The van der Waals surface area contributed by atoms with Crippen LogP contribution < -0.4 is 5.32 Å². The molecule has 7 nitrogen and oxygen atoms in total. The molecule has 0 aliphatic rings. The Morgan fingerprint density at radius 3 is 2.53 bits per heavy atom. The molecule has 2 N–H and O–H groups in total. The van der Waals surface area contributed by atoms with E-state index in [1.165, 1.54) is 0 Å². The number of carboxylic acid groups (broad SMARTS) is 1. The van der Waals surface area contributed by atoms with Gasteiger partial charge in [-0.3, -0.25) is 14.3 Å². The lowest BCUT2D eigenvalue weighted by atomic mass is 10.1. The minimum atomic E-state index is -0.870. The number of benzene rings is 2. The summed E-state index contributed by atoms with van der Waals surface area (Å²) in [5.74, 6) is -0.921. The molecule has 0 saturated heterocycles. The van der Waals surface area contributed by atoms with Gasteiger partial charge < -0.3 is 14.8 Å². The summed E-state index contributed by atoms with van der Waals surface area (Å²) in [6.07, 6.45) is -0.0373. The van der Waals surface area contributed by atoms with Gasteiger partial charge >= 0.3 is 5.97 Å². The van der Waals surface area contributed by atoms with E-state index in [9.17, 15) is 9.59 Å². The van der Waals surface area contributed by atoms with E-state index in [4.69, 9.17) is 9.52 Å². The number of anilines is 1. The zero-order chi connectivity index (χ0) is 21.3. The normalized spacial score (nSPS) is 11.0. The van der Waals surface area contributed by atoms with E-state index in [1.54, 1.807) is 10.7 Å². The molecule has 4 rings (SSSR count). The standard InChI is InChI=1S/C23H21N3O4/c1-14-19(12-22(27)28)15(2)26(25-14)13-16-7-9-18(10-8-16)24-23(29)21-11-17-5-3-4-6-20(17)30-21/h3-11H,12-13H2,1-2H3,(H,24,29)(H,27,28). The Morgan fingerprint density at radius 1 is 1.10 bits per heavy atom. The molecule has 4 aromatic rings. The number of amides is 1. The van der Waals surface area contributed by atoms with Crippen LogP contribution in [0.25, 0.3) is 11.0 Å². The highest BCUT2D eigenvalue weighted by atomic mass is 16.4. The maximum Gasteiger partial charge on any atom is 0.307 e. The summed E-state index contributed by atoms with van der Waals surface area (Å²) in [5, 5.41) is 17.2. The lowest BCUT2D eigenvalue weighted by Gasteiger charge is -2.07. The van der Waals surface area contributed by atoms with Crippen molar-refractivity contribution in [3.05, 3.63) is 82.9 Å². The Kier molecular flexibility index (Phi) is 5.10. The van der Waals surface area contributed by atoms with Crippen LogP contribution in [0.5, 0.6) is 0 Å². The van der Waals surface area contributed by atoms with Gasteiger partial charge in [0.1, 0.15) is 5.58 Å². The van der Waals surface area contributed by atoms with Gasteiger partial charge in [0, 0.05) is 22.3 Å². The summed E-state index contributed by atoms with van der Waals surface area (Å²) in [7, 11) is 0. The first-order valence-electron chi connectivity index (χ1n) is 9.54. The average Bonchev–Trinajstić information content (AvgIpc) is 3.26. The quantitative estimate of drug-likeness (QED) is 0.503. The van der Waals surface area contributed by atoms with Gasteiger partial charge in [-0.05, 0) is 43.7 Å². The average molecular weight is 403 g/mol. The highest BCUT2D eigenvalue weighted by Gasteiger charge is 2.15. The highest BCUT2D eigenvalue weighted by molar-refractivity contribution is 6.04. The van der Waals surface area contributed by atoms with Crippen LogP contribution in [0, 0.1) is 13.8 Å². The maximum absolute atomic E-state index is 12.5. The molecule has 0 aliphatic carbocycles. The number of para-hydroxylation sites is 1. The summed E-state index contributed by atoms with van der Waals surface area (Å²) in [6, 6.07) is 16.6. The summed E-state index contributed by atoms with van der Waals surface area (Å²) in [4.78, 5) is 23.5. The van der Waals surface area contributed by atoms with Crippen LogP contribution in [0.15, 0.2) is 59.0 Å². The molecule has 0 saturated carbocycles. The number of furan rings is 1. The first-order valence-corrected chi connectivity index (χ1v) is 9.54. The Hall–Kier alpha value is -3.87. The van der Waals surface area contributed by atoms with E-state index in [1.807, 2.05) is 62.4 Å². The monoisotopic (exact) mass is 403 g/mol. The lowest BCUT2D eigenvalue weighted by Crippen LogP contribution is -2.11. The maximum atomic E-state index is 12.5. The number of hydrogen-bond donors (Lipinski definition) is 2. The molecule has 0 spiro atoms. The molecule has 0 atom stereocenters. The van der Waals surface area contributed by atoms with Crippen LogP contribution in [-0.4, -0.2) is 26.8 Å². The summed E-state index contributed by atoms with van der Waals surface area (Å²) < 4.78 is 7.39. The van der Waals surface area contributed by atoms with Gasteiger partial charge in [-0.25, -0.2) is 0 Å². The smallest absolute Gasteiger partial charge is 0.307 e. The van der Waals surface area contributed by atoms with Crippen molar-refractivity contribution in [3.63, 3.8) is 0 Å². The fourth-order valence-electron chi connectivity index (χ4n) is 3.45. The first kappa shape index (κ1) is 19.4. The summed E-state index contributed by atoms with van der Waals surface area (Å²) >= 11 is 0. The van der Waals surface area contributed by atoms with Gasteiger partial charge in [-0.15, -0.1) is 0 Å². The molecule has 0 radical (unpaired) electrons. The molecular formula is C23H21N3O4. The molecule has 1 amide bonds. The number of carbonyl (C=O) groups excluding carboxylic acids is 1. The number of rotatable bonds is 6. The second-order valence-electron chi connectivity index (χ2n) is 7.18. The minimum Gasteiger partial charge on any atom is -0.481 e. The van der Waals surface area contributed by atoms with E-state index < -0.39 is 5.97 Å². The zero-order valence-corrected chi connectivity index (χ0v) is 16.7. The molecule has 0 bridgehead atoms. The minimum absolute atomic E-state index is 0.0373. The molecule has 0 aliphatic heterocycles. The van der Waals surface area contributed by atoms with E-state index in [0.29, 0.717) is 17.8 Å². The van der Waals surface area contributed by atoms with Crippen molar-refractivity contribution in [2.45, 2.75) is 26.8 Å². The highest BCUT2D eigenvalue weighted by Crippen LogP contribution is 2.21. The predicted molar refractivity (Wildman–Crippen MR) is 113 cm³/mol. The van der Waals surface area contributed by atoms with Crippen molar-refractivity contribution < 1.29 is 19.1 Å². The predicted octanol–water partition coefficient (Wildman–Crippen LogP) is 4.17. The van der Waals surface area contributed by atoms with Crippen molar-refractivity contribution in [3.8, 4) is 0 Å². The van der Waals surface area contributed by atoms with Gasteiger partial charge in [-0.1, -0.05) is 30.3 Å². The van der Waals surface area contributed by atoms with Gasteiger partial charge in [-0.2, -0.15) is 5.10 Å². The van der Waals surface area contributed by atoms with Crippen molar-refractivity contribution in [1.82, 2.24) is 9.78 Å². The molecule has 2 aromatic heterocycles. The molecule has 152 valence electrons. The van der Waals surface area contributed by atoms with Crippen LogP contribution in [0.1, 0.15) is 33.1 Å². The van der Waals surface area contributed by atoms with Gasteiger partial charge in [0.2, 0.25) is 0 Å². The Bertz CT molecular complexity index is 1200. The number of carbonyl (C=O) groups is 2. The van der Waals surface area contributed by atoms with E-state index >= 15 is 0 Å². The Balaban J connectivity index is 1.45. The fourth-order valence-corrected chi connectivity index (χ4v) is 3.45. The number of aliphatic carboxylic acids is 1.